The van der Waals surface area contributed by atoms with E-state index in [0.29, 0.717) is 13.1 Å². The topological polar surface area (TPSA) is 25.2 Å². The average Bonchev–Trinajstić information content (AvgIpc) is 3.05. The van der Waals surface area contributed by atoms with Crippen molar-refractivity contribution in [1.82, 2.24) is 9.47 Å². The van der Waals surface area contributed by atoms with Crippen LogP contribution in [0.5, 0.6) is 0 Å². The van der Waals surface area contributed by atoms with Gasteiger partial charge in [-0.3, -0.25) is 4.79 Å². The molecule has 1 aliphatic heterocycles. The maximum absolute atomic E-state index is 13.7. The monoisotopic (exact) mass is 396 g/mol. The van der Waals surface area contributed by atoms with E-state index in [1.165, 1.54) is 0 Å². The predicted octanol–water partition coefficient (Wildman–Crippen LogP) is 5.47. The molecule has 28 heavy (non-hydrogen) atoms. The molecule has 1 aromatic heterocycles. The van der Waals surface area contributed by atoms with Crippen LogP contribution in [0, 0.1) is 0 Å². The lowest BCUT2D eigenvalue weighted by Gasteiger charge is -2.37. The van der Waals surface area contributed by atoms with Gasteiger partial charge in [0.25, 0.3) is 0 Å². The van der Waals surface area contributed by atoms with E-state index in [9.17, 15) is 9.18 Å². The lowest BCUT2D eigenvalue weighted by atomic mass is 9.91. The molecule has 2 aromatic carbocycles. The zero-order valence-electron chi connectivity index (χ0n) is 16.5. The van der Waals surface area contributed by atoms with E-state index < -0.39 is 11.4 Å². The fourth-order valence-electron chi connectivity index (χ4n) is 4.37. The normalized spacial score (nSPS) is 18.0. The number of hydrogen-bond acceptors (Lipinski definition) is 2. The molecule has 1 amide bonds. The third kappa shape index (κ3) is 2.67. The van der Waals surface area contributed by atoms with Crippen LogP contribution in [0.15, 0.2) is 53.4 Å². The van der Waals surface area contributed by atoms with Crippen molar-refractivity contribution in [3.05, 3.63) is 54.1 Å². The molecule has 1 aliphatic rings. The van der Waals surface area contributed by atoms with Gasteiger partial charge in [-0.05, 0) is 32.9 Å². The number of carbonyl (C=O) groups is 1. The maximum atomic E-state index is 13.7. The highest BCUT2D eigenvalue weighted by atomic mass is 32.2. The second-order valence-corrected chi connectivity index (χ2v) is 8.65. The first-order valence-corrected chi connectivity index (χ1v) is 10.6. The summed E-state index contributed by atoms with van der Waals surface area (Å²) in [6.45, 7) is 7.24. The van der Waals surface area contributed by atoms with Crippen LogP contribution < -0.4 is 0 Å². The van der Waals surface area contributed by atoms with Crippen molar-refractivity contribution >= 4 is 28.6 Å². The number of benzene rings is 2. The van der Waals surface area contributed by atoms with E-state index in [2.05, 4.69) is 22.8 Å². The highest BCUT2D eigenvalue weighted by Gasteiger charge is 2.46. The molecule has 0 fully saturated rings. The number of halogens is 1. The van der Waals surface area contributed by atoms with Gasteiger partial charge < -0.3 is 9.47 Å². The Kier molecular flexibility index (Phi) is 4.96. The van der Waals surface area contributed by atoms with Gasteiger partial charge in [0, 0.05) is 40.0 Å². The van der Waals surface area contributed by atoms with E-state index in [4.69, 9.17) is 0 Å². The molecule has 146 valence electrons. The van der Waals surface area contributed by atoms with E-state index in [1.54, 1.807) is 11.8 Å². The van der Waals surface area contributed by atoms with Crippen LogP contribution in [0.4, 0.5) is 4.39 Å². The van der Waals surface area contributed by atoms with Crippen LogP contribution in [-0.2, 0) is 16.1 Å². The van der Waals surface area contributed by atoms with Crippen LogP contribution in [0.2, 0.25) is 0 Å². The van der Waals surface area contributed by atoms with Crippen molar-refractivity contribution in [1.29, 1.82) is 0 Å². The first kappa shape index (κ1) is 19.1. The van der Waals surface area contributed by atoms with E-state index >= 15 is 0 Å². The number of carbonyl (C=O) groups excluding carboxylic acids is 1. The number of hydrogen-bond donors (Lipinski definition) is 0. The van der Waals surface area contributed by atoms with Crippen molar-refractivity contribution in [2.24, 2.45) is 0 Å². The van der Waals surface area contributed by atoms with Gasteiger partial charge in [-0.15, -0.1) is 11.8 Å². The van der Waals surface area contributed by atoms with Crippen LogP contribution in [-0.4, -0.2) is 35.1 Å². The predicted molar refractivity (Wildman–Crippen MR) is 114 cm³/mol. The lowest BCUT2D eigenvalue weighted by molar-refractivity contribution is -0.133. The molecule has 0 spiro atoms. The van der Waals surface area contributed by atoms with E-state index in [-0.39, 0.29) is 12.5 Å². The summed E-state index contributed by atoms with van der Waals surface area (Å²) in [5.74, 6) is 0.112. The molecular weight excluding hydrogens is 371 g/mol. The lowest BCUT2D eigenvalue weighted by Crippen LogP contribution is -2.44. The molecular formula is C23H25FN2OS. The van der Waals surface area contributed by atoms with Gasteiger partial charge in [0.1, 0.15) is 11.4 Å². The Morgan fingerprint density at radius 2 is 1.79 bits per heavy atom. The molecule has 0 N–H and O–H groups in total. The molecule has 0 bridgehead atoms. The van der Waals surface area contributed by atoms with Gasteiger partial charge in [0.15, 0.2) is 0 Å². The molecule has 0 unspecified atom stereocenters. The summed E-state index contributed by atoms with van der Waals surface area (Å²) < 4.78 is 14.8. The summed E-state index contributed by atoms with van der Waals surface area (Å²) >= 11 is 1.62. The number of rotatable bonds is 5. The summed E-state index contributed by atoms with van der Waals surface area (Å²) in [7, 11) is 0. The molecule has 0 radical (unpaired) electrons. The SMILES string of the molecule is CCN(CC)C(=O)[C@]1(C)Sc2ccccc2-c2c1c1ccccc1n2CCF. The van der Waals surface area contributed by atoms with Gasteiger partial charge in [-0.25, -0.2) is 4.39 Å². The molecule has 3 nitrogen and oxygen atoms in total. The second kappa shape index (κ2) is 7.28. The van der Waals surface area contributed by atoms with Crippen molar-refractivity contribution < 1.29 is 9.18 Å². The zero-order valence-corrected chi connectivity index (χ0v) is 17.4. The number of likely N-dealkylation sites (N-methyl/N-ethyl adjacent to an activating group) is 1. The smallest absolute Gasteiger partial charge is 0.243 e. The minimum absolute atomic E-state index is 0.112. The van der Waals surface area contributed by atoms with E-state index in [0.717, 1.165) is 32.6 Å². The Labute approximate surface area is 169 Å². The van der Waals surface area contributed by atoms with Crippen molar-refractivity contribution in [3.63, 3.8) is 0 Å². The fraction of sp³-hybridized carbons (Fsp3) is 0.348. The van der Waals surface area contributed by atoms with Gasteiger partial charge in [0.05, 0.1) is 12.2 Å². The number of nitrogens with zero attached hydrogens (tertiary/aromatic N) is 2. The number of aromatic nitrogens is 1. The standard InChI is InChI=1S/C23H25FN2OS/c1-4-25(5-2)22(27)23(3)20-16-10-6-8-12-18(16)26(15-14-24)21(20)17-11-7-9-13-19(17)28-23/h6-13H,4-5,14-15H2,1-3H3/t23-/m1/s1. The Morgan fingerprint density at radius 1 is 1.11 bits per heavy atom. The third-order valence-electron chi connectivity index (χ3n) is 5.67. The highest BCUT2D eigenvalue weighted by molar-refractivity contribution is 8.01. The van der Waals surface area contributed by atoms with Crippen LogP contribution in [0.1, 0.15) is 26.3 Å². The average molecular weight is 397 g/mol. The fourth-order valence-corrected chi connectivity index (χ4v) is 5.75. The van der Waals surface area contributed by atoms with Crippen molar-refractivity contribution in [2.45, 2.75) is 37.0 Å². The Bertz CT molecular complexity index is 1040. The quantitative estimate of drug-likeness (QED) is 0.572. The summed E-state index contributed by atoms with van der Waals surface area (Å²) in [5.41, 5.74) is 4.06. The number of amides is 1. The zero-order chi connectivity index (χ0) is 19.9. The Balaban J connectivity index is 2.09. The molecule has 0 saturated heterocycles. The first-order valence-electron chi connectivity index (χ1n) is 9.82. The van der Waals surface area contributed by atoms with Crippen molar-refractivity contribution in [2.75, 3.05) is 19.8 Å². The Morgan fingerprint density at radius 3 is 2.50 bits per heavy atom. The second-order valence-electron chi connectivity index (χ2n) is 7.19. The molecule has 1 atom stereocenters. The third-order valence-corrected chi connectivity index (χ3v) is 7.03. The van der Waals surface area contributed by atoms with Crippen LogP contribution >= 0.6 is 11.8 Å². The molecule has 0 saturated carbocycles. The van der Waals surface area contributed by atoms with E-state index in [1.807, 2.05) is 56.0 Å². The Hall–Kier alpha value is -2.27. The molecule has 5 heteroatoms. The van der Waals surface area contributed by atoms with Gasteiger partial charge >= 0.3 is 0 Å². The largest absolute Gasteiger partial charge is 0.342 e. The molecule has 3 aromatic rings. The maximum Gasteiger partial charge on any atom is 0.243 e. The number of alkyl halides is 1. The molecule has 4 rings (SSSR count). The number of para-hydroxylation sites is 1. The minimum Gasteiger partial charge on any atom is -0.342 e. The van der Waals surface area contributed by atoms with Crippen molar-refractivity contribution in [3.8, 4) is 11.3 Å². The van der Waals surface area contributed by atoms with Gasteiger partial charge in [-0.2, -0.15) is 0 Å². The number of aryl methyl sites for hydroxylation is 1. The number of thioether (sulfide) groups is 1. The molecule has 0 aliphatic carbocycles. The summed E-state index contributed by atoms with van der Waals surface area (Å²) in [6, 6.07) is 16.2. The van der Waals surface area contributed by atoms with Crippen LogP contribution in [0.25, 0.3) is 22.2 Å². The summed E-state index contributed by atoms with van der Waals surface area (Å²) in [5, 5.41) is 1.04. The number of fused-ring (bicyclic) bond motifs is 5. The summed E-state index contributed by atoms with van der Waals surface area (Å²) in [4.78, 5) is 16.7. The van der Waals surface area contributed by atoms with Gasteiger partial charge in [-0.1, -0.05) is 36.4 Å². The van der Waals surface area contributed by atoms with Gasteiger partial charge in [0.2, 0.25) is 5.91 Å². The first-order chi connectivity index (χ1) is 13.6. The summed E-state index contributed by atoms with van der Waals surface area (Å²) in [6.07, 6.45) is 0. The highest BCUT2D eigenvalue weighted by Crippen LogP contribution is 2.56. The minimum atomic E-state index is -0.753. The molecule has 2 heterocycles. The van der Waals surface area contributed by atoms with Crippen LogP contribution in [0.3, 0.4) is 0 Å².